The number of benzene rings is 2. The highest BCUT2D eigenvalue weighted by molar-refractivity contribution is 7.89. The minimum Gasteiger partial charge on any atom is -0.454 e. The van der Waals surface area contributed by atoms with Gasteiger partial charge in [0.1, 0.15) is 5.70 Å². The van der Waals surface area contributed by atoms with E-state index in [0.29, 0.717) is 17.1 Å². The summed E-state index contributed by atoms with van der Waals surface area (Å²) in [5.41, 5.74) is 0.930. The molecule has 4 rings (SSSR count). The van der Waals surface area contributed by atoms with Crippen LogP contribution < -0.4 is 9.47 Å². The molecule has 2 aromatic rings. The van der Waals surface area contributed by atoms with Crippen molar-refractivity contribution in [3.8, 4) is 11.5 Å². The molecule has 0 bridgehead atoms. The molecule has 0 aliphatic carbocycles. The Morgan fingerprint density at radius 3 is 2.67 bits per heavy atom. The Bertz CT molecular complexity index is 994. The second kappa shape index (κ2) is 5.10. The largest absolute Gasteiger partial charge is 0.454 e. The Hall–Kier alpha value is -2.80. The summed E-state index contributed by atoms with van der Waals surface area (Å²) in [4.78, 5) is 12.8. The van der Waals surface area contributed by atoms with Crippen LogP contribution in [0.15, 0.2) is 53.1 Å². The van der Waals surface area contributed by atoms with Crippen LogP contribution in [0.4, 0.5) is 0 Å². The number of ketones is 1. The van der Waals surface area contributed by atoms with E-state index in [0.717, 1.165) is 4.31 Å². The molecule has 0 radical (unpaired) electrons. The van der Waals surface area contributed by atoms with Crippen molar-refractivity contribution < 1.29 is 22.7 Å². The fourth-order valence-electron chi connectivity index (χ4n) is 2.75. The van der Waals surface area contributed by atoms with E-state index in [1.54, 1.807) is 30.3 Å². The Morgan fingerprint density at radius 2 is 1.83 bits per heavy atom. The molecule has 0 aromatic heterocycles. The third-order valence-corrected chi connectivity index (χ3v) is 5.87. The lowest BCUT2D eigenvalue weighted by atomic mass is 10.1. The molecule has 0 fully saturated rings. The average molecular weight is 343 g/mol. The molecule has 0 saturated carbocycles. The van der Waals surface area contributed by atoms with E-state index in [4.69, 9.17) is 9.47 Å². The highest BCUT2D eigenvalue weighted by Gasteiger charge is 2.36. The molecule has 2 aliphatic heterocycles. The molecular weight excluding hydrogens is 330 g/mol. The minimum absolute atomic E-state index is 0.0281. The first-order valence-electron chi connectivity index (χ1n) is 7.22. The summed E-state index contributed by atoms with van der Waals surface area (Å²) in [6.45, 7) is 0.149. The maximum atomic E-state index is 12.7. The van der Waals surface area contributed by atoms with Gasteiger partial charge in [-0.1, -0.05) is 18.2 Å². The van der Waals surface area contributed by atoms with Crippen LogP contribution in [-0.4, -0.2) is 32.3 Å². The van der Waals surface area contributed by atoms with Gasteiger partial charge in [0.2, 0.25) is 12.6 Å². The zero-order valence-corrected chi connectivity index (χ0v) is 13.5. The molecule has 0 saturated heterocycles. The van der Waals surface area contributed by atoms with E-state index in [1.165, 1.54) is 25.3 Å². The summed E-state index contributed by atoms with van der Waals surface area (Å²) in [7, 11) is -2.37. The number of carbonyl (C=O) groups excluding carboxylic acids is 1. The second-order valence-corrected chi connectivity index (χ2v) is 7.38. The molecule has 2 heterocycles. The third kappa shape index (κ3) is 2.09. The number of hydrogen-bond donors (Lipinski definition) is 0. The van der Waals surface area contributed by atoms with Gasteiger partial charge in [-0.15, -0.1) is 0 Å². The predicted molar refractivity (Wildman–Crippen MR) is 86.3 cm³/mol. The van der Waals surface area contributed by atoms with Crippen molar-refractivity contribution in [3.63, 3.8) is 0 Å². The number of allylic oxidation sites excluding steroid dienone is 1. The van der Waals surface area contributed by atoms with E-state index < -0.39 is 10.0 Å². The van der Waals surface area contributed by atoms with Crippen LogP contribution in [0.1, 0.15) is 15.9 Å². The summed E-state index contributed by atoms with van der Waals surface area (Å²) in [6.07, 6.45) is 1.54. The number of hydrogen-bond acceptors (Lipinski definition) is 5. The molecule has 0 atom stereocenters. The van der Waals surface area contributed by atoms with Crippen LogP contribution in [0.5, 0.6) is 11.5 Å². The normalized spacial score (nSPS) is 19.5. The predicted octanol–water partition coefficient (Wildman–Crippen LogP) is 2.27. The smallest absolute Gasteiger partial charge is 0.264 e. The molecule has 2 aromatic carbocycles. The lowest BCUT2D eigenvalue weighted by Crippen LogP contribution is -2.36. The average Bonchev–Trinajstić information content (AvgIpc) is 3.05. The van der Waals surface area contributed by atoms with Gasteiger partial charge >= 0.3 is 0 Å². The fourth-order valence-corrected chi connectivity index (χ4v) is 4.13. The van der Waals surface area contributed by atoms with Crippen molar-refractivity contribution in [1.82, 2.24) is 4.31 Å². The van der Waals surface area contributed by atoms with Gasteiger partial charge in [0, 0.05) is 12.6 Å². The van der Waals surface area contributed by atoms with Crippen LogP contribution in [-0.2, 0) is 10.0 Å². The summed E-state index contributed by atoms with van der Waals surface area (Å²) in [5.74, 6) is 0.859. The lowest BCUT2D eigenvalue weighted by molar-refractivity contribution is 0.101. The van der Waals surface area contributed by atoms with Crippen molar-refractivity contribution in [2.24, 2.45) is 0 Å². The third-order valence-electron chi connectivity index (χ3n) is 4.04. The van der Waals surface area contributed by atoms with Gasteiger partial charge in [0.05, 0.1) is 4.90 Å². The maximum absolute atomic E-state index is 12.7. The van der Waals surface area contributed by atoms with Crippen molar-refractivity contribution in [2.75, 3.05) is 13.8 Å². The molecule has 0 spiro atoms. The highest BCUT2D eigenvalue weighted by atomic mass is 32.2. The summed E-state index contributed by atoms with van der Waals surface area (Å²) in [6, 6.07) is 11.4. The Balaban J connectivity index is 1.85. The Kier molecular flexibility index (Phi) is 3.14. The van der Waals surface area contributed by atoms with Crippen molar-refractivity contribution in [2.45, 2.75) is 4.90 Å². The SMILES string of the molecule is CN1/C(=C\c2ccc3c(c2)OCO3)C(=O)c2ccccc2S1(=O)=O. The van der Waals surface area contributed by atoms with Gasteiger partial charge in [-0.3, -0.25) is 9.10 Å². The molecule has 122 valence electrons. The quantitative estimate of drug-likeness (QED) is 0.743. The minimum atomic E-state index is -3.75. The van der Waals surface area contributed by atoms with Gasteiger partial charge < -0.3 is 9.47 Å². The fraction of sp³-hybridized carbons (Fsp3) is 0.118. The number of rotatable bonds is 1. The zero-order chi connectivity index (χ0) is 16.9. The van der Waals surface area contributed by atoms with Crippen molar-refractivity contribution in [3.05, 3.63) is 59.3 Å². The van der Waals surface area contributed by atoms with Gasteiger partial charge in [0.15, 0.2) is 11.5 Å². The Morgan fingerprint density at radius 1 is 1.08 bits per heavy atom. The lowest BCUT2D eigenvalue weighted by Gasteiger charge is -2.27. The number of fused-ring (bicyclic) bond motifs is 2. The summed E-state index contributed by atoms with van der Waals surface area (Å²) >= 11 is 0. The molecule has 0 unspecified atom stereocenters. The standard InChI is InChI=1S/C17H13NO5S/c1-18-13(8-11-6-7-14-15(9-11)23-10-22-14)17(19)12-4-2-3-5-16(12)24(18,20)21/h2-9H,10H2,1H3/b13-8-. The van der Waals surface area contributed by atoms with E-state index in [9.17, 15) is 13.2 Å². The first-order valence-corrected chi connectivity index (χ1v) is 8.66. The van der Waals surface area contributed by atoms with Crippen LogP contribution in [0, 0.1) is 0 Å². The molecule has 7 heteroatoms. The molecule has 2 aliphatic rings. The zero-order valence-electron chi connectivity index (χ0n) is 12.7. The second-order valence-electron chi connectivity index (χ2n) is 5.44. The molecule has 6 nitrogen and oxygen atoms in total. The van der Waals surface area contributed by atoms with Crippen LogP contribution in [0.25, 0.3) is 6.08 Å². The first-order chi connectivity index (χ1) is 11.5. The van der Waals surface area contributed by atoms with Crippen LogP contribution in [0.3, 0.4) is 0 Å². The molecule has 0 amide bonds. The molecular formula is C17H13NO5S. The van der Waals surface area contributed by atoms with Gasteiger partial charge in [-0.05, 0) is 35.9 Å². The molecule has 24 heavy (non-hydrogen) atoms. The van der Waals surface area contributed by atoms with E-state index in [1.807, 2.05) is 0 Å². The topological polar surface area (TPSA) is 72.9 Å². The number of nitrogens with zero attached hydrogens (tertiary/aromatic N) is 1. The first kappa shape index (κ1) is 14.8. The maximum Gasteiger partial charge on any atom is 0.264 e. The van der Waals surface area contributed by atoms with E-state index >= 15 is 0 Å². The number of likely N-dealkylation sites (N-methyl/N-ethyl adjacent to an activating group) is 1. The molecule has 0 N–H and O–H groups in total. The van der Waals surface area contributed by atoms with Crippen LogP contribution >= 0.6 is 0 Å². The van der Waals surface area contributed by atoms with Crippen molar-refractivity contribution >= 4 is 21.9 Å². The van der Waals surface area contributed by atoms with Gasteiger partial charge in [-0.25, -0.2) is 8.42 Å². The van der Waals surface area contributed by atoms with Crippen molar-refractivity contribution in [1.29, 1.82) is 0 Å². The monoisotopic (exact) mass is 343 g/mol. The number of carbonyl (C=O) groups is 1. The Labute approximate surface area is 139 Å². The summed E-state index contributed by atoms with van der Waals surface area (Å²) in [5, 5.41) is 0. The number of Topliss-reactive ketones (excluding diaryl/α,β-unsaturated/α-hetero) is 1. The number of ether oxygens (including phenoxy) is 2. The highest BCUT2D eigenvalue weighted by Crippen LogP contribution is 2.35. The van der Waals surface area contributed by atoms with E-state index in [-0.39, 0.29) is 28.7 Å². The van der Waals surface area contributed by atoms with Gasteiger partial charge in [-0.2, -0.15) is 0 Å². The van der Waals surface area contributed by atoms with Gasteiger partial charge in [0.25, 0.3) is 10.0 Å². The van der Waals surface area contributed by atoms with E-state index in [2.05, 4.69) is 0 Å². The number of sulfonamides is 1. The summed E-state index contributed by atoms with van der Waals surface area (Å²) < 4.78 is 36.8. The van der Waals surface area contributed by atoms with Crippen LogP contribution in [0.2, 0.25) is 0 Å².